The van der Waals surface area contributed by atoms with E-state index >= 15 is 0 Å². The SMILES string of the molecule is CNc1ccc(C(=O)N2CCN(S(C)(=O)=O)CC2)cn1. The average molecular weight is 298 g/mol. The first kappa shape index (κ1) is 14.7. The Balaban J connectivity index is 2.01. The van der Waals surface area contributed by atoms with Crippen molar-refractivity contribution in [2.24, 2.45) is 0 Å². The molecule has 0 atom stereocenters. The largest absolute Gasteiger partial charge is 0.373 e. The number of piperazine rings is 1. The van der Waals surface area contributed by atoms with E-state index in [1.165, 1.54) is 16.8 Å². The predicted octanol–water partition coefficient (Wildman–Crippen LogP) is -0.159. The summed E-state index contributed by atoms with van der Waals surface area (Å²) in [5, 5.41) is 2.89. The number of nitrogens with zero attached hydrogens (tertiary/aromatic N) is 3. The molecule has 110 valence electrons. The van der Waals surface area contributed by atoms with Gasteiger partial charge in [-0.3, -0.25) is 4.79 Å². The van der Waals surface area contributed by atoms with Gasteiger partial charge in [-0.15, -0.1) is 0 Å². The summed E-state index contributed by atoms with van der Waals surface area (Å²) in [6, 6.07) is 3.45. The standard InChI is InChI=1S/C12H18N4O3S/c1-13-11-4-3-10(9-14-11)12(17)15-5-7-16(8-6-15)20(2,18)19/h3-4,9H,5-8H2,1-2H3,(H,13,14). The number of amides is 1. The van der Waals surface area contributed by atoms with Crippen LogP contribution in [-0.2, 0) is 10.0 Å². The predicted molar refractivity (Wildman–Crippen MR) is 76.1 cm³/mol. The maximum atomic E-state index is 12.3. The van der Waals surface area contributed by atoms with Crippen LogP contribution in [0.4, 0.5) is 5.82 Å². The number of carbonyl (C=O) groups is 1. The quantitative estimate of drug-likeness (QED) is 0.838. The molecule has 1 saturated heterocycles. The first-order valence-corrected chi connectivity index (χ1v) is 8.15. The molecule has 0 saturated carbocycles. The number of pyridine rings is 1. The Morgan fingerprint density at radius 3 is 2.35 bits per heavy atom. The molecular formula is C12H18N4O3S. The topological polar surface area (TPSA) is 82.6 Å². The molecule has 0 radical (unpaired) electrons. The van der Waals surface area contributed by atoms with Gasteiger partial charge in [0.1, 0.15) is 5.82 Å². The van der Waals surface area contributed by atoms with E-state index in [4.69, 9.17) is 0 Å². The second-order valence-corrected chi connectivity index (χ2v) is 6.62. The molecular weight excluding hydrogens is 280 g/mol. The lowest BCUT2D eigenvalue weighted by Crippen LogP contribution is -2.50. The summed E-state index contributed by atoms with van der Waals surface area (Å²) >= 11 is 0. The number of rotatable bonds is 3. The Bertz CT molecular complexity index is 577. The minimum atomic E-state index is -3.17. The second-order valence-electron chi connectivity index (χ2n) is 4.64. The monoisotopic (exact) mass is 298 g/mol. The van der Waals surface area contributed by atoms with E-state index < -0.39 is 10.0 Å². The molecule has 1 fully saturated rings. The Kier molecular flexibility index (Phi) is 4.24. The fourth-order valence-corrected chi connectivity index (χ4v) is 2.90. The number of anilines is 1. The molecule has 1 aromatic rings. The highest BCUT2D eigenvalue weighted by atomic mass is 32.2. The lowest BCUT2D eigenvalue weighted by molar-refractivity contribution is 0.0698. The van der Waals surface area contributed by atoms with Crippen molar-refractivity contribution in [2.75, 3.05) is 44.8 Å². The molecule has 8 heteroatoms. The zero-order valence-electron chi connectivity index (χ0n) is 11.5. The molecule has 7 nitrogen and oxygen atoms in total. The molecule has 1 aromatic heterocycles. The van der Waals surface area contributed by atoms with Crippen LogP contribution in [-0.4, -0.2) is 68.0 Å². The molecule has 1 aliphatic rings. The average Bonchev–Trinajstić information content (AvgIpc) is 2.46. The third-order valence-corrected chi connectivity index (χ3v) is 4.56. The molecule has 0 unspecified atom stereocenters. The third kappa shape index (κ3) is 3.26. The molecule has 1 N–H and O–H groups in total. The van der Waals surface area contributed by atoms with Crippen molar-refractivity contribution in [1.29, 1.82) is 0 Å². The number of hydrogen-bond acceptors (Lipinski definition) is 5. The van der Waals surface area contributed by atoms with Crippen LogP contribution in [0.1, 0.15) is 10.4 Å². The summed E-state index contributed by atoms with van der Waals surface area (Å²) in [6.45, 7) is 1.48. The number of hydrogen-bond donors (Lipinski definition) is 1. The van der Waals surface area contributed by atoms with E-state index in [2.05, 4.69) is 10.3 Å². The van der Waals surface area contributed by atoms with Gasteiger partial charge < -0.3 is 10.2 Å². The van der Waals surface area contributed by atoms with Gasteiger partial charge in [0.2, 0.25) is 10.0 Å². The van der Waals surface area contributed by atoms with Crippen LogP contribution in [0, 0.1) is 0 Å². The van der Waals surface area contributed by atoms with Gasteiger partial charge in [0.15, 0.2) is 0 Å². The van der Waals surface area contributed by atoms with E-state index in [1.807, 2.05) is 0 Å². The fraction of sp³-hybridized carbons (Fsp3) is 0.500. The summed E-state index contributed by atoms with van der Waals surface area (Å²) in [6.07, 6.45) is 2.71. The highest BCUT2D eigenvalue weighted by Crippen LogP contribution is 2.11. The zero-order valence-corrected chi connectivity index (χ0v) is 12.4. The minimum Gasteiger partial charge on any atom is -0.373 e. The molecule has 2 heterocycles. The summed E-state index contributed by atoms with van der Waals surface area (Å²) in [7, 11) is -1.42. The van der Waals surface area contributed by atoms with Crippen LogP contribution < -0.4 is 5.32 Å². The number of carbonyl (C=O) groups excluding carboxylic acids is 1. The van der Waals surface area contributed by atoms with Crippen molar-refractivity contribution in [2.45, 2.75) is 0 Å². The summed E-state index contributed by atoms with van der Waals surface area (Å²) in [5.74, 6) is 0.580. The lowest BCUT2D eigenvalue weighted by atomic mass is 10.2. The molecule has 0 spiro atoms. The van der Waals surface area contributed by atoms with E-state index in [-0.39, 0.29) is 5.91 Å². The van der Waals surface area contributed by atoms with Crippen LogP contribution >= 0.6 is 0 Å². The summed E-state index contributed by atoms with van der Waals surface area (Å²) in [5.41, 5.74) is 0.511. The Morgan fingerprint density at radius 1 is 1.25 bits per heavy atom. The number of sulfonamides is 1. The van der Waals surface area contributed by atoms with Gasteiger partial charge in [-0.2, -0.15) is 4.31 Å². The lowest BCUT2D eigenvalue weighted by Gasteiger charge is -2.33. The van der Waals surface area contributed by atoms with Crippen LogP contribution in [0.3, 0.4) is 0 Å². The molecule has 2 rings (SSSR count). The Hall–Kier alpha value is -1.67. The first-order valence-electron chi connectivity index (χ1n) is 6.30. The van der Waals surface area contributed by atoms with Crippen molar-refractivity contribution >= 4 is 21.7 Å². The highest BCUT2D eigenvalue weighted by Gasteiger charge is 2.26. The third-order valence-electron chi connectivity index (χ3n) is 3.26. The van der Waals surface area contributed by atoms with Crippen molar-refractivity contribution in [3.8, 4) is 0 Å². The van der Waals surface area contributed by atoms with Crippen LogP contribution in [0.15, 0.2) is 18.3 Å². The highest BCUT2D eigenvalue weighted by molar-refractivity contribution is 7.88. The van der Waals surface area contributed by atoms with E-state index in [9.17, 15) is 13.2 Å². The van der Waals surface area contributed by atoms with Crippen molar-refractivity contribution in [3.63, 3.8) is 0 Å². The maximum Gasteiger partial charge on any atom is 0.255 e. The van der Waals surface area contributed by atoms with E-state index in [0.717, 1.165) is 0 Å². The number of aromatic nitrogens is 1. The Labute approximate surface area is 118 Å². The minimum absolute atomic E-state index is 0.117. The second kappa shape index (κ2) is 5.76. The molecule has 0 aromatic carbocycles. The zero-order chi connectivity index (χ0) is 14.8. The van der Waals surface area contributed by atoms with Crippen molar-refractivity contribution in [3.05, 3.63) is 23.9 Å². The van der Waals surface area contributed by atoms with E-state index in [1.54, 1.807) is 24.1 Å². The molecule has 0 bridgehead atoms. The molecule has 1 amide bonds. The van der Waals surface area contributed by atoms with Crippen molar-refractivity contribution < 1.29 is 13.2 Å². The van der Waals surface area contributed by atoms with Gasteiger partial charge in [0.05, 0.1) is 11.8 Å². The molecule has 20 heavy (non-hydrogen) atoms. The van der Waals surface area contributed by atoms with Gasteiger partial charge in [0.25, 0.3) is 5.91 Å². The normalized spacial score (nSPS) is 17.0. The van der Waals surface area contributed by atoms with Gasteiger partial charge in [-0.05, 0) is 12.1 Å². The van der Waals surface area contributed by atoms with Crippen molar-refractivity contribution in [1.82, 2.24) is 14.2 Å². The summed E-state index contributed by atoms with van der Waals surface area (Å²) in [4.78, 5) is 18.0. The molecule has 1 aliphatic heterocycles. The van der Waals surface area contributed by atoms with Gasteiger partial charge in [0, 0.05) is 39.4 Å². The van der Waals surface area contributed by atoms with Gasteiger partial charge in [-0.1, -0.05) is 0 Å². The first-order chi connectivity index (χ1) is 9.41. The van der Waals surface area contributed by atoms with E-state index in [0.29, 0.717) is 37.6 Å². The fourth-order valence-electron chi connectivity index (χ4n) is 2.07. The van der Waals surface area contributed by atoms with Crippen LogP contribution in [0.5, 0.6) is 0 Å². The maximum absolute atomic E-state index is 12.3. The smallest absolute Gasteiger partial charge is 0.255 e. The van der Waals surface area contributed by atoms with Gasteiger partial charge in [-0.25, -0.2) is 13.4 Å². The molecule has 0 aliphatic carbocycles. The van der Waals surface area contributed by atoms with Gasteiger partial charge >= 0.3 is 0 Å². The van der Waals surface area contributed by atoms with Crippen LogP contribution in [0.25, 0.3) is 0 Å². The Morgan fingerprint density at radius 2 is 1.90 bits per heavy atom. The summed E-state index contributed by atoms with van der Waals surface area (Å²) < 4.78 is 24.2. The van der Waals surface area contributed by atoms with Crippen LogP contribution in [0.2, 0.25) is 0 Å². The number of nitrogens with one attached hydrogen (secondary N) is 1.